The molecule has 0 aliphatic carbocycles. The highest BCUT2D eigenvalue weighted by atomic mass is 19.4. The number of rotatable bonds is 5. The van der Waals surface area contributed by atoms with Crippen molar-refractivity contribution in [1.29, 1.82) is 0 Å². The largest absolute Gasteiger partial charge is 0.508 e. The van der Waals surface area contributed by atoms with Crippen molar-refractivity contribution in [3.05, 3.63) is 75.6 Å². The summed E-state index contributed by atoms with van der Waals surface area (Å²) in [6.07, 6.45) is -3.47. The van der Waals surface area contributed by atoms with E-state index >= 15 is 0 Å². The molecule has 0 saturated carbocycles. The zero-order chi connectivity index (χ0) is 25.8. The molecule has 0 spiro atoms. The van der Waals surface area contributed by atoms with Gasteiger partial charge in [0.25, 0.3) is 5.56 Å². The second-order valence-corrected chi connectivity index (χ2v) is 6.87. The summed E-state index contributed by atoms with van der Waals surface area (Å²) < 4.78 is 44.8. The van der Waals surface area contributed by atoms with Crippen LogP contribution in [0.1, 0.15) is 13.8 Å². The van der Waals surface area contributed by atoms with E-state index in [1.807, 2.05) is 19.2 Å². The van der Waals surface area contributed by atoms with Gasteiger partial charge >= 0.3 is 11.9 Å². The summed E-state index contributed by atoms with van der Waals surface area (Å²) >= 11 is 0. The van der Waals surface area contributed by atoms with Gasteiger partial charge < -0.3 is 15.2 Å². The number of hydrogen-bond acceptors (Lipinski definition) is 7. The summed E-state index contributed by atoms with van der Waals surface area (Å²) in [6.45, 7) is 2.60. The zero-order valence-corrected chi connectivity index (χ0v) is 19.0. The van der Waals surface area contributed by atoms with Gasteiger partial charge in [0.1, 0.15) is 23.4 Å². The Morgan fingerprint density at radius 2 is 1.54 bits per heavy atom. The molecular formula is C23H22F3N5O4. The maximum atomic E-state index is 13.4. The lowest BCUT2D eigenvalue weighted by atomic mass is 10.2. The van der Waals surface area contributed by atoms with Gasteiger partial charge in [0, 0.05) is 6.20 Å². The molecule has 0 aliphatic heterocycles. The fourth-order valence-electron chi connectivity index (χ4n) is 3.15. The molecule has 2 aromatic heterocycles. The minimum Gasteiger partial charge on any atom is -0.508 e. The number of nitrogens with zero attached hydrogens (tertiary/aromatic N) is 4. The quantitative estimate of drug-likeness (QED) is 0.440. The molecule has 12 heteroatoms. The van der Waals surface area contributed by atoms with Crippen LogP contribution in [0.4, 0.5) is 19.1 Å². The van der Waals surface area contributed by atoms with Crippen molar-refractivity contribution in [3.8, 4) is 22.9 Å². The predicted octanol–water partition coefficient (Wildman–Crippen LogP) is 3.65. The highest BCUT2D eigenvalue weighted by Gasteiger charge is 2.27. The van der Waals surface area contributed by atoms with E-state index in [9.17, 15) is 27.9 Å². The van der Waals surface area contributed by atoms with Crippen molar-refractivity contribution in [2.45, 2.75) is 20.0 Å². The molecule has 35 heavy (non-hydrogen) atoms. The molecule has 0 fully saturated rings. The molecule has 0 saturated heterocycles. The van der Waals surface area contributed by atoms with E-state index in [0.717, 1.165) is 15.3 Å². The number of methoxy groups -OCH3 is 1. The number of aromatic nitrogens is 4. The summed E-state index contributed by atoms with van der Waals surface area (Å²) in [7, 11) is 1.47. The third-order valence-corrected chi connectivity index (χ3v) is 4.68. The number of nitrogens with one attached hydrogen (secondary N) is 1. The molecule has 0 amide bonds. The van der Waals surface area contributed by atoms with Crippen molar-refractivity contribution in [2.75, 3.05) is 19.0 Å². The molecule has 4 aromatic rings. The minimum atomic E-state index is -4.52. The maximum absolute atomic E-state index is 13.4. The Morgan fingerprint density at radius 3 is 2.11 bits per heavy atom. The van der Waals surface area contributed by atoms with Crippen LogP contribution in [0.5, 0.6) is 11.5 Å². The predicted molar refractivity (Wildman–Crippen MR) is 125 cm³/mol. The Balaban J connectivity index is 0.00000167. The first-order chi connectivity index (χ1) is 16.7. The van der Waals surface area contributed by atoms with Gasteiger partial charge in [-0.05, 0) is 48.5 Å². The monoisotopic (exact) mass is 489 g/mol. The van der Waals surface area contributed by atoms with E-state index in [2.05, 4.69) is 9.97 Å². The Kier molecular flexibility index (Phi) is 7.43. The first kappa shape index (κ1) is 25.3. The number of alkyl halides is 3. The average Bonchev–Trinajstić information content (AvgIpc) is 2.85. The standard InChI is InChI=1S/C21H16F3N5O4.C2H6/c1-33-15-8-4-13(5-9-15)29-18(31)16-10-25-19(26-11-21(22,23)24)27-17(16)28(20(29)32)12-2-6-14(30)7-3-12;1-2/h2-10,30H,11H2,1H3,(H,25,26,27);1-2H3. The number of phenols is 1. The number of halogens is 3. The third-order valence-electron chi connectivity index (χ3n) is 4.68. The number of aromatic hydroxyl groups is 1. The van der Waals surface area contributed by atoms with Crippen LogP contribution >= 0.6 is 0 Å². The average molecular weight is 489 g/mol. The molecular weight excluding hydrogens is 467 g/mol. The summed E-state index contributed by atoms with van der Waals surface area (Å²) in [6, 6.07) is 11.6. The van der Waals surface area contributed by atoms with E-state index in [4.69, 9.17) is 4.74 Å². The van der Waals surface area contributed by atoms with Crippen molar-refractivity contribution in [3.63, 3.8) is 0 Å². The summed E-state index contributed by atoms with van der Waals surface area (Å²) in [4.78, 5) is 34.4. The highest BCUT2D eigenvalue weighted by Crippen LogP contribution is 2.19. The Morgan fingerprint density at radius 1 is 0.971 bits per heavy atom. The number of fused-ring (bicyclic) bond motifs is 1. The summed E-state index contributed by atoms with van der Waals surface area (Å²) in [5.74, 6) is 0.0326. The fourth-order valence-corrected chi connectivity index (χ4v) is 3.15. The number of benzene rings is 2. The SMILES string of the molecule is CC.COc1ccc(-n2c(=O)c3cnc(NCC(F)(F)F)nc3n(-c3ccc(O)cc3)c2=O)cc1. The number of phenolic OH excluding ortho intramolecular Hbond substituents is 1. The molecule has 0 unspecified atom stereocenters. The fraction of sp³-hybridized carbons (Fsp3) is 0.217. The van der Waals surface area contributed by atoms with Crippen molar-refractivity contribution in [1.82, 2.24) is 19.1 Å². The van der Waals surface area contributed by atoms with E-state index in [1.165, 1.54) is 43.5 Å². The van der Waals surface area contributed by atoms with Crippen LogP contribution in [0.25, 0.3) is 22.4 Å². The lowest BCUT2D eigenvalue weighted by Crippen LogP contribution is -2.39. The van der Waals surface area contributed by atoms with Gasteiger partial charge in [-0.1, -0.05) is 13.8 Å². The molecule has 2 N–H and O–H groups in total. The molecule has 4 rings (SSSR count). The maximum Gasteiger partial charge on any atom is 0.405 e. The van der Waals surface area contributed by atoms with Crippen LogP contribution in [-0.2, 0) is 0 Å². The van der Waals surface area contributed by atoms with Crippen LogP contribution < -0.4 is 21.3 Å². The van der Waals surface area contributed by atoms with E-state index in [0.29, 0.717) is 5.75 Å². The third kappa shape index (κ3) is 5.42. The van der Waals surface area contributed by atoms with Gasteiger partial charge in [-0.3, -0.25) is 4.79 Å². The van der Waals surface area contributed by atoms with Gasteiger partial charge in [-0.2, -0.15) is 18.2 Å². The molecule has 184 valence electrons. The van der Waals surface area contributed by atoms with Crippen LogP contribution in [0.2, 0.25) is 0 Å². The van der Waals surface area contributed by atoms with Crippen LogP contribution in [-0.4, -0.2) is 44.0 Å². The highest BCUT2D eigenvalue weighted by molar-refractivity contribution is 5.76. The lowest BCUT2D eigenvalue weighted by Gasteiger charge is -2.15. The number of anilines is 1. The Bertz CT molecular complexity index is 1430. The van der Waals surface area contributed by atoms with Gasteiger partial charge in [0.15, 0.2) is 5.65 Å². The first-order valence-corrected chi connectivity index (χ1v) is 10.5. The molecule has 0 bridgehead atoms. The van der Waals surface area contributed by atoms with Crippen LogP contribution in [0, 0.1) is 0 Å². The van der Waals surface area contributed by atoms with Gasteiger partial charge in [-0.25, -0.2) is 18.9 Å². The number of ether oxygens (including phenoxy) is 1. The van der Waals surface area contributed by atoms with E-state index in [1.54, 1.807) is 12.1 Å². The van der Waals surface area contributed by atoms with Crippen LogP contribution in [0.15, 0.2) is 64.3 Å². The van der Waals surface area contributed by atoms with Gasteiger partial charge in [0.05, 0.1) is 18.5 Å². The Hall–Kier alpha value is -4.35. The molecule has 2 aromatic carbocycles. The normalized spacial score (nSPS) is 11.0. The van der Waals surface area contributed by atoms with E-state index < -0.39 is 29.9 Å². The topological polar surface area (TPSA) is 111 Å². The first-order valence-electron chi connectivity index (χ1n) is 10.5. The minimum absolute atomic E-state index is 0.0678. The lowest BCUT2D eigenvalue weighted by molar-refractivity contribution is -0.115. The zero-order valence-electron chi connectivity index (χ0n) is 19.0. The summed E-state index contributed by atoms with van der Waals surface area (Å²) in [5.41, 5.74) is -1.30. The van der Waals surface area contributed by atoms with Crippen molar-refractivity contribution < 1.29 is 23.0 Å². The molecule has 0 aliphatic rings. The molecule has 0 radical (unpaired) electrons. The van der Waals surface area contributed by atoms with Gasteiger partial charge in [0.2, 0.25) is 5.95 Å². The molecule has 2 heterocycles. The van der Waals surface area contributed by atoms with Crippen molar-refractivity contribution in [2.24, 2.45) is 0 Å². The number of hydrogen-bond donors (Lipinski definition) is 2. The van der Waals surface area contributed by atoms with Crippen molar-refractivity contribution >= 4 is 17.0 Å². The smallest absolute Gasteiger partial charge is 0.405 e. The van der Waals surface area contributed by atoms with Crippen LogP contribution in [0.3, 0.4) is 0 Å². The van der Waals surface area contributed by atoms with E-state index in [-0.39, 0.29) is 28.2 Å². The molecule has 0 atom stereocenters. The van der Waals surface area contributed by atoms with Gasteiger partial charge in [-0.15, -0.1) is 0 Å². The Labute approximate surface area is 197 Å². The second-order valence-electron chi connectivity index (χ2n) is 6.87. The second kappa shape index (κ2) is 10.3. The summed E-state index contributed by atoms with van der Waals surface area (Å²) in [5, 5.41) is 11.5. The molecule has 9 nitrogen and oxygen atoms in total.